The lowest BCUT2D eigenvalue weighted by Gasteiger charge is -2.58. The lowest BCUT2D eigenvalue weighted by molar-refractivity contribution is -0.0573. The Balaban J connectivity index is 1.30. The Kier molecular flexibility index (Phi) is 4.84. The third-order valence-electron chi connectivity index (χ3n) is 10.9. The third-order valence-corrected chi connectivity index (χ3v) is 10.9. The smallest absolute Gasteiger partial charge is 0.0892 e. The summed E-state index contributed by atoms with van der Waals surface area (Å²) < 4.78 is 5.86. The SMILES string of the molecule is CC(CC[C@@H]1OC1(C)C)[C@H]1CC[C@H]2[C@@H]3CC=C4C[C@@H](O)CC[C@]4(C)[C@H]3CC[C@]12C. The highest BCUT2D eigenvalue weighted by molar-refractivity contribution is 5.25. The first-order chi connectivity index (χ1) is 13.6. The maximum Gasteiger partial charge on any atom is 0.0892 e. The van der Waals surface area contributed by atoms with Crippen LogP contribution in [0.15, 0.2) is 11.6 Å². The lowest BCUT2D eigenvalue weighted by Crippen LogP contribution is -2.50. The molecular formula is C27H44O2. The Hall–Kier alpha value is -0.340. The second-order valence-corrected chi connectivity index (χ2v) is 12.6. The molecule has 2 nitrogen and oxygen atoms in total. The zero-order valence-electron chi connectivity index (χ0n) is 19.5. The first kappa shape index (κ1) is 20.6. The normalized spacial score (nSPS) is 51.4. The average molecular weight is 401 g/mol. The molecule has 3 saturated carbocycles. The van der Waals surface area contributed by atoms with E-state index in [4.69, 9.17) is 4.74 Å². The van der Waals surface area contributed by atoms with Gasteiger partial charge >= 0.3 is 0 Å². The van der Waals surface area contributed by atoms with Crippen molar-refractivity contribution in [3.8, 4) is 0 Å². The van der Waals surface area contributed by atoms with Gasteiger partial charge in [-0.05, 0) is 118 Å². The van der Waals surface area contributed by atoms with E-state index in [0.717, 1.165) is 42.4 Å². The summed E-state index contributed by atoms with van der Waals surface area (Å²) in [4.78, 5) is 0. The van der Waals surface area contributed by atoms with Crippen LogP contribution in [0.2, 0.25) is 0 Å². The van der Waals surface area contributed by atoms with Crippen LogP contribution >= 0.6 is 0 Å². The zero-order chi connectivity index (χ0) is 20.6. The number of aliphatic hydroxyl groups is 1. The zero-order valence-corrected chi connectivity index (χ0v) is 19.5. The summed E-state index contributed by atoms with van der Waals surface area (Å²) in [6.45, 7) is 12.3. The fourth-order valence-electron chi connectivity index (χ4n) is 8.97. The summed E-state index contributed by atoms with van der Waals surface area (Å²) in [5, 5.41) is 10.2. The molecule has 0 aromatic heterocycles. The van der Waals surface area contributed by atoms with Crippen molar-refractivity contribution in [2.75, 3.05) is 0 Å². The Morgan fingerprint density at radius 2 is 1.83 bits per heavy atom. The van der Waals surface area contributed by atoms with Crippen molar-refractivity contribution < 1.29 is 9.84 Å². The number of hydrogen-bond acceptors (Lipinski definition) is 2. The Morgan fingerprint density at radius 3 is 2.55 bits per heavy atom. The van der Waals surface area contributed by atoms with Crippen LogP contribution in [-0.4, -0.2) is 22.9 Å². The van der Waals surface area contributed by atoms with Crippen LogP contribution < -0.4 is 0 Å². The molecule has 4 fully saturated rings. The van der Waals surface area contributed by atoms with E-state index in [2.05, 4.69) is 40.7 Å². The van der Waals surface area contributed by atoms with E-state index in [-0.39, 0.29) is 11.7 Å². The molecule has 0 bridgehead atoms. The fourth-order valence-corrected chi connectivity index (χ4v) is 8.97. The minimum absolute atomic E-state index is 0.0862. The first-order valence-electron chi connectivity index (χ1n) is 12.7. The topological polar surface area (TPSA) is 32.8 Å². The molecule has 1 unspecified atom stereocenters. The Morgan fingerprint density at radius 1 is 1.07 bits per heavy atom. The van der Waals surface area contributed by atoms with Gasteiger partial charge in [0.25, 0.3) is 0 Å². The van der Waals surface area contributed by atoms with Gasteiger partial charge in [-0.1, -0.05) is 32.4 Å². The van der Waals surface area contributed by atoms with Gasteiger partial charge in [-0.2, -0.15) is 0 Å². The molecule has 1 N–H and O–H groups in total. The monoisotopic (exact) mass is 400 g/mol. The first-order valence-corrected chi connectivity index (χ1v) is 12.7. The molecule has 2 heteroatoms. The van der Waals surface area contributed by atoms with E-state index in [1.807, 2.05) is 0 Å². The Labute approximate surface area is 178 Å². The van der Waals surface area contributed by atoms with Gasteiger partial charge < -0.3 is 9.84 Å². The molecule has 0 spiro atoms. The average Bonchev–Trinajstić information content (AvgIpc) is 3.11. The number of fused-ring (bicyclic) bond motifs is 5. The van der Waals surface area contributed by atoms with Crippen molar-refractivity contribution in [3.05, 3.63) is 11.6 Å². The highest BCUT2D eigenvalue weighted by Gasteiger charge is 2.59. The molecule has 0 radical (unpaired) electrons. The number of allylic oxidation sites excluding steroid dienone is 1. The van der Waals surface area contributed by atoms with Crippen molar-refractivity contribution in [3.63, 3.8) is 0 Å². The molecule has 1 aliphatic heterocycles. The van der Waals surface area contributed by atoms with Gasteiger partial charge in [-0.15, -0.1) is 0 Å². The summed E-state index contributed by atoms with van der Waals surface area (Å²) in [5.41, 5.74) is 2.68. The Bertz CT molecular complexity index is 680. The molecule has 29 heavy (non-hydrogen) atoms. The number of aliphatic hydroxyl groups excluding tert-OH is 1. The highest BCUT2D eigenvalue weighted by atomic mass is 16.6. The van der Waals surface area contributed by atoms with Crippen LogP contribution in [0.1, 0.15) is 98.8 Å². The van der Waals surface area contributed by atoms with E-state index in [1.54, 1.807) is 5.57 Å². The van der Waals surface area contributed by atoms with Gasteiger partial charge in [0.15, 0.2) is 0 Å². The molecule has 0 aromatic rings. The fraction of sp³-hybridized carbons (Fsp3) is 0.926. The van der Waals surface area contributed by atoms with Crippen molar-refractivity contribution in [1.29, 1.82) is 0 Å². The van der Waals surface area contributed by atoms with Crippen molar-refractivity contribution in [1.82, 2.24) is 0 Å². The maximum absolute atomic E-state index is 10.2. The summed E-state index contributed by atoms with van der Waals surface area (Å²) in [7, 11) is 0. The van der Waals surface area contributed by atoms with Crippen LogP contribution in [0.3, 0.4) is 0 Å². The van der Waals surface area contributed by atoms with E-state index in [0.29, 0.717) is 16.9 Å². The van der Waals surface area contributed by atoms with E-state index < -0.39 is 0 Å². The van der Waals surface area contributed by atoms with E-state index >= 15 is 0 Å². The van der Waals surface area contributed by atoms with Gasteiger partial charge in [0.2, 0.25) is 0 Å². The largest absolute Gasteiger partial charge is 0.393 e. The third kappa shape index (κ3) is 3.18. The van der Waals surface area contributed by atoms with Crippen molar-refractivity contribution in [2.24, 2.45) is 40.4 Å². The van der Waals surface area contributed by atoms with Crippen LogP contribution in [0.25, 0.3) is 0 Å². The molecule has 164 valence electrons. The van der Waals surface area contributed by atoms with E-state index in [1.165, 1.54) is 51.4 Å². The predicted molar refractivity (Wildman–Crippen MR) is 119 cm³/mol. The number of ether oxygens (including phenoxy) is 1. The van der Waals surface area contributed by atoms with Gasteiger partial charge in [0.1, 0.15) is 0 Å². The van der Waals surface area contributed by atoms with Gasteiger partial charge in [0.05, 0.1) is 17.8 Å². The van der Waals surface area contributed by atoms with Gasteiger partial charge in [0, 0.05) is 0 Å². The van der Waals surface area contributed by atoms with Gasteiger partial charge in [-0.25, -0.2) is 0 Å². The van der Waals surface area contributed by atoms with Crippen LogP contribution in [0, 0.1) is 40.4 Å². The second kappa shape index (κ2) is 6.83. The molecule has 0 amide bonds. The molecule has 1 heterocycles. The lowest BCUT2D eigenvalue weighted by atomic mass is 9.47. The minimum atomic E-state index is -0.0862. The molecule has 1 saturated heterocycles. The highest BCUT2D eigenvalue weighted by Crippen LogP contribution is 2.67. The summed E-state index contributed by atoms with van der Waals surface area (Å²) in [5.74, 6) is 4.41. The van der Waals surface area contributed by atoms with Gasteiger partial charge in [-0.3, -0.25) is 0 Å². The number of rotatable bonds is 4. The molecule has 5 aliphatic rings. The van der Waals surface area contributed by atoms with Crippen LogP contribution in [-0.2, 0) is 4.74 Å². The molecule has 0 aromatic carbocycles. The number of hydrogen-bond donors (Lipinski definition) is 1. The van der Waals surface area contributed by atoms with Crippen molar-refractivity contribution >= 4 is 0 Å². The minimum Gasteiger partial charge on any atom is -0.393 e. The number of epoxide rings is 1. The molecule has 5 rings (SSSR count). The van der Waals surface area contributed by atoms with Crippen molar-refractivity contribution in [2.45, 2.75) is 117 Å². The molecular weight excluding hydrogens is 356 g/mol. The molecule has 9 atom stereocenters. The summed E-state index contributed by atoms with van der Waals surface area (Å²) in [6, 6.07) is 0. The summed E-state index contributed by atoms with van der Waals surface area (Å²) in [6.07, 6.45) is 15.8. The van der Waals surface area contributed by atoms with Crippen LogP contribution in [0.4, 0.5) is 0 Å². The predicted octanol–water partition coefficient (Wildman–Crippen LogP) is 6.52. The van der Waals surface area contributed by atoms with Crippen LogP contribution in [0.5, 0.6) is 0 Å². The second-order valence-electron chi connectivity index (χ2n) is 12.6. The molecule has 4 aliphatic carbocycles. The quantitative estimate of drug-likeness (QED) is 0.430. The summed E-state index contributed by atoms with van der Waals surface area (Å²) >= 11 is 0. The standard InChI is InChI=1S/C27H44O2/c1-17(6-11-24-25(2,3)29-24)21-9-10-22-20-8-7-18-16-19(28)12-14-26(18,4)23(20)13-15-27(21,22)5/h7,17,19-24,28H,6,8-16H2,1-5H3/t17?,19-,20-,21+,22-,23-,24-,26-,27+/m0/s1. The maximum atomic E-state index is 10.2. The van der Waals surface area contributed by atoms with E-state index in [9.17, 15) is 5.11 Å².